The molecule has 170 valence electrons. The summed E-state index contributed by atoms with van der Waals surface area (Å²) in [4.78, 5) is 23.5. The van der Waals surface area contributed by atoms with Crippen molar-refractivity contribution in [3.8, 4) is 0 Å². The highest BCUT2D eigenvalue weighted by Gasteiger charge is 2.69. The van der Waals surface area contributed by atoms with Gasteiger partial charge in [0.25, 0.3) is 0 Å². The van der Waals surface area contributed by atoms with Crippen molar-refractivity contribution >= 4 is 11.9 Å². The molecule has 3 saturated carbocycles. The van der Waals surface area contributed by atoms with Gasteiger partial charge in [0.1, 0.15) is 0 Å². The lowest BCUT2D eigenvalue weighted by molar-refractivity contribution is -0.226. The number of fused-ring (bicyclic) bond motifs is 5. The maximum atomic E-state index is 11.9. The third kappa shape index (κ3) is 3.21. The van der Waals surface area contributed by atoms with Crippen LogP contribution in [0.3, 0.4) is 0 Å². The molecule has 0 aromatic rings. The zero-order valence-corrected chi connectivity index (χ0v) is 19.3. The highest BCUT2D eigenvalue weighted by atomic mass is 16.8. The van der Waals surface area contributed by atoms with Crippen LogP contribution in [0.25, 0.3) is 0 Å². The smallest absolute Gasteiger partial charge is 0.304 e. The molecular weight excluding hydrogens is 384 g/mol. The summed E-state index contributed by atoms with van der Waals surface area (Å²) in [5.74, 6) is -0.525. The number of aliphatic hydroxyl groups is 1. The van der Waals surface area contributed by atoms with Crippen LogP contribution >= 0.6 is 0 Å². The third-order valence-electron chi connectivity index (χ3n) is 9.38. The van der Waals surface area contributed by atoms with Gasteiger partial charge in [-0.05, 0) is 60.2 Å². The van der Waals surface area contributed by atoms with Gasteiger partial charge in [0, 0.05) is 19.8 Å². The molecule has 1 aliphatic heterocycles. The highest BCUT2D eigenvalue weighted by molar-refractivity contribution is 5.66. The Morgan fingerprint density at radius 3 is 2.17 bits per heavy atom. The Hall–Kier alpha value is -1.14. The van der Waals surface area contributed by atoms with Crippen molar-refractivity contribution in [2.24, 2.45) is 39.9 Å². The van der Waals surface area contributed by atoms with E-state index in [0.29, 0.717) is 18.3 Å². The molecule has 6 nitrogen and oxygen atoms in total. The second-order valence-corrected chi connectivity index (χ2v) is 11.5. The van der Waals surface area contributed by atoms with Crippen LogP contribution in [0.5, 0.6) is 0 Å². The molecule has 0 amide bonds. The standard InChI is InChI=1S/C24H38O6/c1-13(25)28-20-18-15(27)12-17-23(5)10-7-9-22(3,4)16(23)8-11-24(17,6)19(18)21(30-20)29-14(2)26/h15-21,27H,7-12H2,1-6H3/t15-,16-,17+,18+,19-,20+,21-,23-,24+/m0/s1. The van der Waals surface area contributed by atoms with Gasteiger partial charge in [0.15, 0.2) is 0 Å². The maximum absolute atomic E-state index is 11.9. The number of hydrogen-bond donors (Lipinski definition) is 1. The number of carbonyl (C=O) groups is 2. The Balaban J connectivity index is 1.74. The minimum absolute atomic E-state index is 0.126. The van der Waals surface area contributed by atoms with E-state index >= 15 is 0 Å². The van der Waals surface area contributed by atoms with Gasteiger partial charge in [-0.15, -0.1) is 0 Å². The molecule has 4 aliphatic rings. The zero-order valence-electron chi connectivity index (χ0n) is 19.3. The molecule has 1 N–H and O–H groups in total. The summed E-state index contributed by atoms with van der Waals surface area (Å²) in [6.07, 6.45) is 4.10. The van der Waals surface area contributed by atoms with Gasteiger partial charge in [0.2, 0.25) is 12.6 Å². The van der Waals surface area contributed by atoms with Gasteiger partial charge in [-0.3, -0.25) is 9.59 Å². The number of hydrogen-bond acceptors (Lipinski definition) is 6. The van der Waals surface area contributed by atoms with Crippen LogP contribution in [0.1, 0.15) is 80.1 Å². The predicted octanol–water partition coefficient (Wildman–Crippen LogP) is 4.04. The van der Waals surface area contributed by atoms with Crippen molar-refractivity contribution in [3.63, 3.8) is 0 Å². The lowest BCUT2D eigenvalue weighted by atomic mass is 9.38. The molecule has 3 aliphatic carbocycles. The van der Waals surface area contributed by atoms with Crippen LogP contribution in [0.4, 0.5) is 0 Å². The average Bonchev–Trinajstić information content (AvgIpc) is 2.94. The van der Waals surface area contributed by atoms with E-state index in [1.54, 1.807) is 0 Å². The molecule has 9 atom stereocenters. The van der Waals surface area contributed by atoms with Crippen molar-refractivity contribution in [2.75, 3.05) is 0 Å². The second kappa shape index (κ2) is 7.19. The fourth-order valence-electron chi connectivity index (χ4n) is 8.39. The van der Waals surface area contributed by atoms with E-state index in [-0.39, 0.29) is 28.1 Å². The molecule has 1 saturated heterocycles. The van der Waals surface area contributed by atoms with Crippen LogP contribution in [-0.4, -0.2) is 35.7 Å². The summed E-state index contributed by atoms with van der Waals surface area (Å²) >= 11 is 0. The summed E-state index contributed by atoms with van der Waals surface area (Å²) in [6, 6.07) is 0. The Kier molecular flexibility index (Phi) is 5.29. The van der Waals surface area contributed by atoms with E-state index < -0.39 is 30.6 Å². The molecule has 0 aromatic heterocycles. The maximum Gasteiger partial charge on any atom is 0.304 e. The van der Waals surface area contributed by atoms with E-state index in [2.05, 4.69) is 27.7 Å². The van der Waals surface area contributed by atoms with Crippen LogP contribution in [0, 0.1) is 39.9 Å². The number of carbonyl (C=O) groups excluding carboxylic acids is 2. The molecule has 4 fully saturated rings. The predicted molar refractivity (Wildman–Crippen MR) is 110 cm³/mol. The Morgan fingerprint density at radius 2 is 1.53 bits per heavy atom. The highest BCUT2D eigenvalue weighted by Crippen LogP contribution is 2.70. The molecule has 30 heavy (non-hydrogen) atoms. The summed E-state index contributed by atoms with van der Waals surface area (Å²) in [6.45, 7) is 12.2. The van der Waals surface area contributed by atoms with Gasteiger partial charge in [0.05, 0.1) is 12.0 Å². The summed E-state index contributed by atoms with van der Waals surface area (Å²) < 4.78 is 17.0. The molecule has 0 radical (unpaired) electrons. The van der Waals surface area contributed by atoms with Gasteiger partial charge in [-0.2, -0.15) is 0 Å². The summed E-state index contributed by atoms with van der Waals surface area (Å²) in [5, 5.41) is 11.3. The topological polar surface area (TPSA) is 82.1 Å². The van der Waals surface area contributed by atoms with Crippen LogP contribution in [0.15, 0.2) is 0 Å². The fraction of sp³-hybridized carbons (Fsp3) is 0.917. The first kappa shape index (κ1) is 22.1. The van der Waals surface area contributed by atoms with E-state index in [4.69, 9.17) is 14.2 Å². The van der Waals surface area contributed by atoms with E-state index in [0.717, 1.165) is 19.3 Å². The van der Waals surface area contributed by atoms with Crippen molar-refractivity contribution < 1.29 is 28.9 Å². The number of ether oxygens (including phenoxy) is 3. The summed E-state index contributed by atoms with van der Waals surface area (Å²) in [7, 11) is 0. The third-order valence-corrected chi connectivity index (χ3v) is 9.38. The number of esters is 2. The van der Waals surface area contributed by atoms with E-state index in [1.807, 2.05) is 0 Å². The van der Waals surface area contributed by atoms with Crippen molar-refractivity contribution in [2.45, 2.75) is 98.8 Å². The van der Waals surface area contributed by atoms with Gasteiger partial charge < -0.3 is 19.3 Å². The van der Waals surface area contributed by atoms with Crippen molar-refractivity contribution in [1.29, 1.82) is 0 Å². The molecule has 1 heterocycles. The largest absolute Gasteiger partial charge is 0.435 e. The second-order valence-electron chi connectivity index (χ2n) is 11.5. The van der Waals surface area contributed by atoms with Crippen LogP contribution < -0.4 is 0 Å². The lowest BCUT2D eigenvalue weighted by Crippen LogP contribution is -2.63. The SMILES string of the molecule is CC(=O)O[C@@H]1O[C@H](OC(C)=O)[C@@H]2[C@H]1[C@@H](O)C[C@H]1[C@@]2(C)CC[C@H]2C(C)(C)CCC[C@]12C. The first-order valence-corrected chi connectivity index (χ1v) is 11.6. The van der Waals surface area contributed by atoms with Gasteiger partial charge >= 0.3 is 11.9 Å². The van der Waals surface area contributed by atoms with E-state index in [1.165, 1.54) is 26.7 Å². The van der Waals surface area contributed by atoms with Crippen molar-refractivity contribution in [1.82, 2.24) is 0 Å². The number of rotatable bonds is 2. The minimum atomic E-state index is -0.877. The van der Waals surface area contributed by atoms with Crippen LogP contribution in [-0.2, 0) is 23.8 Å². The Bertz CT molecular complexity index is 718. The fourth-order valence-corrected chi connectivity index (χ4v) is 8.39. The average molecular weight is 423 g/mol. The molecule has 0 spiro atoms. The molecule has 6 heteroatoms. The Morgan fingerprint density at radius 1 is 0.900 bits per heavy atom. The Labute approximate surface area is 180 Å². The normalized spacial score (nSPS) is 49.4. The molecular formula is C24H38O6. The molecule has 4 rings (SSSR count). The van der Waals surface area contributed by atoms with E-state index in [9.17, 15) is 14.7 Å². The monoisotopic (exact) mass is 422 g/mol. The first-order chi connectivity index (χ1) is 13.9. The molecule has 0 aromatic carbocycles. The van der Waals surface area contributed by atoms with Gasteiger partial charge in [-0.1, -0.05) is 34.1 Å². The number of aliphatic hydroxyl groups excluding tert-OH is 1. The quantitative estimate of drug-likeness (QED) is 0.677. The van der Waals surface area contributed by atoms with Crippen molar-refractivity contribution in [3.05, 3.63) is 0 Å². The molecule has 0 bridgehead atoms. The first-order valence-electron chi connectivity index (χ1n) is 11.6. The summed E-state index contributed by atoms with van der Waals surface area (Å²) in [5.41, 5.74) is 0.260. The van der Waals surface area contributed by atoms with Gasteiger partial charge in [-0.25, -0.2) is 0 Å². The lowest BCUT2D eigenvalue weighted by Gasteiger charge is -2.66. The minimum Gasteiger partial charge on any atom is -0.435 e. The van der Waals surface area contributed by atoms with Crippen LogP contribution in [0.2, 0.25) is 0 Å². The zero-order chi connectivity index (χ0) is 22.1. The molecule has 0 unspecified atom stereocenters.